The minimum atomic E-state index is -0.408. The summed E-state index contributed by atoms with van der Waals surface area (Å²) in [4.78, 5) is 36.8. The van der Waals surface area contributed by atoms with Gasteiger partial charge in [-0.2, -0.15) is 0 Å². The van der Waals surface area contributed by atoms with Gasteiger partial charge in [0.2, 0.25) is 0 Å². The first-order chi connectivity index (χ1) is 12.7. The van der Waals surface area contributed by atoms with Crippen LogP contribution in [0.4, 0.5) is 4.79 Å². The Hall–Kier alpha value is -2.95. The van der Waals surface area contributed by atoms with E-state index in [4.69, 9.17) is 0 Å². The molecule has 0 unspecified atom stereocenters. The van der Waals surface area contributed by atoms with Crippen molar-refractivity contribution in [1.29, 1.82) is 0 Å². The van der Waals surface area contributed by atoms with Crippen LogP contribution < -0.4 is 5.32 Å². The van der Waals surface area contributed by atoms with Gasteiger partial charge in [-0.3, -0.25) is 10.1 Å². The zero-order valence-corrected chi connectivity index (χ0v) is 14.8. The van der Waals surface area contributed by atoms with Gasteiger partial charge < -0.3 is 9.69 Å². The Labute approximate surface area is 154 Å². The number of amides is 3. The van der Waals surface area contributed by atoms with Crippen molar-refractivity contribution < 1.29 is 14.4 Å². The highest BCUT2D eigenvalue weighted by molar-refractivity contribution is 6.04. The van der Waals surface area contributed by atoms with Crippen molar-refractivity contribution in [1.82, 2.24) is 10.2 Å². The molecule has 0 aliphatic heterocycles. The Kier molecular flexibility index (Phi) is 8.06. The predicted molar refractivity (Wildman–Crippen MR) is 101 cm³/mol. The van der Waals surface area contributed by atoms with Gasteiger partial charge >= 0.3 is 6.03 Å². The lowest BCUT2D eigenvalue weighted by Crippen LogP contribution is -2.43. The zero-order valence-electron chi connectivity index (χ0n) is 14.8. The molecule has 0 heterocycles. The molecular weight excluding hydrogens is 328 g/mol. The van der Waals surface area contributed by atoms with Gasteiger partial charge in [-0.1, -0.05) is 55.0 Å². The number of hydrogen-bond acceptors (Lipinski definition) is 3. The monoisotopic (exact) mass is 352 g/mol. The molecule has 5 heteroatoms. The second-order valence-electron chi connectivity index (χ2n) is 6.05. The van der Waals surface area contributed by atoms with Crippen LogP contribution in [-0.2, 0) is 11.3 Å². The third-order valence-corrected chi connectivity index (χ3v) is 4.01. The number of hydrogen-bond donors (Lipinski definition) is 1. The van der Waals surface area contributed by atoms with E-state index in [1.165, 1.54) is 0 Å². The minimum absolute atomic E-state index is 0.405. The Morgan fingerprint density at radius 1 is 0.885 bits per heavy atom. The number of urea groups is 1. The van der Waals surface area contributed by atoms with E-state index in [1.54, 1.807) is 29.2 Å². The van der Waals surface area contributed by atoms with Gasteiger partial charge in [0, 0.05) is 25.1 Å². The number of rotatable bonds is 9. The average molecular weight is 352 g/mol. The number of nitrogens with one attached hydrogen (secondary N) is 1. The quantitative estimate of drug-likeness (QED) is 0.551. The van der Waals surface area contributed by atoms with Crippen LogP contribution in [0.1, 0.15) is 41.6 Å². The van der Waals surface area contributed by atoms with Gasteiger partial charge in [0.25, 0.3) is 5.91 Å². The first-order valence-corrected chi connectivity index (χ1v) is 8.83. The van der Waals surface area contributed by atoms with Crippen LogP contribution in [0, 0.1) is 0 Å². The van der Waals surface area contributed by atoms with Crippen molar-refractivity contribution in [3.05, 3.63) is 71.8 Å². The Bertz CT molecular complexity index is 702. The van der Waals surface area contributed by atoms with Crippen LogP contribution in [0.15, 0.2) is 60.7 Å². The van der Waals surface area contributed by atoms with E-state index in [-0.39, 0.29) is 0 Å². The molecule has 0 saturated heterocycles. The van der Waals surface area contributed by atoms with Crippen LogP contribution in [0.25, 0.3) is 0 Å². The number of nitrogens with zero attached hydrogens (tertiary/aromatic N) is 1. The number of imide groups is 1. The number of carbonyl (C=O) groups excluding carboxylic acids is 3. The van der Waals surface area contributed by atoms with Crippen molar-refractivity contribution in [2.24, 2.45) is 0 Å². The van der Waals surface area contributed by atoms with Crippen LogP contribution in [0.2, 0.25) is 0 Å². The highest BCUT2D eigenvalue weighted by atomic mass is 16.2. The standard InChI is InChI=1S/C21H24N2O3/c24-16-10-2-1-9-15-23(17-18-11-5-3-6-12-18)21(26)22-20(25)19-13-7-4-8-14-19/h3-8,11-14,16H,1-2,9-10,15,17H2,(H,22,25,26). The van der Waals surface area contributed by atoms with Crippen LogP contribution in [-0.4, -0.2) is 29.7 Å². The summed E-state index contributed by atoms with van der Waals surface area (Å²) < 4.78 is 0. The second-order valence-corrected chi connectivity index (χ2v) is 6.05. The van der Waals surface area contributed by atoms with E-state index in [9.17, 15) is 14.4 Å². The first kappa shape index (κ1) is 19.4. The minimum Gasteiger partial charge on any atom is -0.320 e. The molecule has 26 heavy (non-hydrogen) atoms. The van der Waals surface area contributed by atoms with Crippen molar-refractivity contribution in [3.63, 3.8) is 0 Å². The lowest BCUT2D eigenvalue weighted by Gasteiger charge is -2.23. The molecule has 0 fully saturated rings. The summed E-state index contributed by atoms with van der Waals surface area (Å²) in [5.41, 5.74) is 1.45. The lowest BCUT2D eigenvalue weighted by atomic mass is 10.1. The summed E-state index contributed by atoms with van der Waals surface area (Å²) in [5.74, 6) is -0.408. The summed E-state index contributed by atoms with van der Waals surface area (Å²) in [7, 11) is 0. The highest BCUT2D eigenvalue weighted by Gasteiger charge is 2.17. The summed E-state index contributed by atoms with van der Waals surface area (Å²) in [6, 6.07) is 17.9. The Morgan fingerprint density at radius 2 is 1.54 bits per heavy atom. The molecule has 3 amide bonds. The van der Waals surface area contributed by atoms with Crippen LogP contribution in [0.5, 0.6) is 0 Å². The molecule has 136 valence electrons. The molecule has 0 bridgehead atoms. The lowest BCUT2D eigenvalue weighted by molar-refractivity contribution is -0.107. The first-order valence-electron chi connectivity index (χ1n) is 8.83. The van der Waals surface area contributed by atoms with Crippen molar-refractivity contribution in [2.75, 3.05) is 6.54 Å². The maximum absolute atomic E-state index is 12.6. The molecule has 1 N–H and O–H groups in total. The van der Waals surface area contributed by atoms with Crippen molar-refractivity contribution >= 4 is 18.2 Å². The molecule has 0 atom stereocenters. The van der Waals surface area contributed by atoms with Crippen LogP contribution in [0.3, 0.4) is 0 Å². The Morgan fingerprint density at radius 3 is 2.19 bits per heavy atom. The summed E-state index contributed by atoms with van der Waals surface area (Å²) in [6.07, 6.45) is 3.91. The average Bonchev–Trinajstić information content (AvgIpc) is 2.68. The third kappa shape index (κ3) is 6.51. The maximum Gasteiger partial charge on any atom is 0.324 e. The van der Waals surface area contributed by atoms with Gasteiger partial charge in [0.05, 0.1) is 0 Å². The molecule has 5 nitrogen and oxygen atoms in total. The third-order valence-electron chi connectivity index (χ3n) is 4.01. The molecular formula is C21H24N2O3. The SMILES string of the molecule is O=CCCCCCN(Cc1ccccc1)C(=O)NC(=O)c1ccccc1. The van der Waals surface area contributed by atoms with Gasteiger partial charge in [-0.05, 0) is 30.5 Å². The van der Waals surface area contributed by atoms with Crippen molar-refractivity contribution in [3.8, 4) is 0 Å². The van der Waals surface area contributed by atoms with Gasteiger partial charge in [-0.25, -0.2) is 4.79 Å². The summed E-state index contributed by atoms with van der Waals surface area (Å²) in [5, 5.41) is 2.46. The summed E-state index contributed by atoms with van der Waals surface area (Å²) in [6.45, 7) is 0.962. The van der Waals surface area contributed by atoms with Gasteiger partial charge in [0.15, 0.2) is 0 Å². The molecule has 0 spiro atoms. The Balaban J connectivity index is 1.97. The number of carbonyl (C=O) groups is 3. The van der Waals surface area contributed by atoms with E-state index in [0.29, 0.717) is 25.1 Å². The summed E-state index contributed by atoms with van der Waals surface area (Å²) >= 11 is 0. The smallest absolute Gasteiger partial charge is 0.320 e. The van der Waals surface area contributed by atoms with Crippen molar-refractivity contribution in [2.45, 2.75) is 32.2 Å². The van der Waals surface area contributed by atoms with E-state index < -0.39 is 11.9 Å². The molecule has 0 radical (unpaired) electrons. The van der Waals surface area contributed by atoms with Gasteiger partial charge in [0.1, 0.15) is 6.29 Å². The van der Waals surface area contributed by atoms with Gasteiger partial charge in [-0.15, -0.1) is 0 Å². The molecule has 0 saturated carbocycles. The zero-order chi connectivity index (χ0) is 18.6. The second kappa shape index (κ2) is 10.8. The normalized spacial score (nSPS) is 10.2. The van der Waals surface area contributed by atoms with E-state index in [1.807, 2.05) is 36.4 Å². The largest absolute Gasteiger partial charge is 0.324 e. The topological polar surface area (TPSA) is 66.5 Å². The molecule has 0 aliphatic carbocycles. The fourth-order valence-corrected chi connectivity index (χ4v) is 2.60. The fraction of sp³-hybridized carbons (Fsp3) is 0.286. The molecule has 2 rings (SSSR count). The molecule has 2 aromatic rings. The molecule has 0 aromatic heterocycles. The predicted octanol–water partition coefficient (Wildman–Crippen LogP) is 3.80. The number of benzene rings is 2. The fourth-order valence-electron chi connectivity index (χ4n) is 2.60. The maximum atomic E-state index is 12.6. The van der Waals surface area contributed by atoms with Crippen LogP contribution >= 0.6 is 0 Å². The van der Waals surface area contributed by atoms with E-state index in [2.05, 4.69) is 5.32 Å². The number of aldehydes is 1. The van der Waals surface area contributed by atoms with E-state index >= 15 is 0 Å². The molecule has 2 aromatic carbocycles. The van der Waals surface area contributed by atoms with E-state index in [0.717, 1.165) is 31.1 Å². The number of unbranched alkanes of at least 4 members (excludes halogenated alkanes) is 3. The molecule has 0 aliphatic rings. The highest BCUT2D eigenvalue weighted by Crippen LogP contribution is 2.08.